The van der Waals surface area contributed by atoms with Gasteiger partial charge < -0.3 is 10.5 Å². The summed E-state index contributed by atoms with van der Waals surface area (Å²) in [6.07, 6.45) is 1.14. The Balaban J connectivity index is 4.02. The third kappa shape index (κ3) is 5.37. The van der Waals surface area contributed by atoms with Crippen LogP contribution < -0.4 is 5.73 Å². The smallest absolute Gasteiger partial charge is 0.0589 e. The first-order chi connectivity index (χ1) is 6.65. The van der Waals surface area contributed by atoms with Gasteiger partial charge in [0, 0.05) is 32.8 Å². The quantitative estimate of drug-likeness (QED) is 0.599. The van der Waals surface area contributed by atoms with Crippen molar-refractivity contribution in [1.82, 2.24) is 4.90 Å². The maximum absolute atomic E-state index is 5.53. The van der Waals surface area contributed by atoms with Crippen LogP contribution in [0.15, 0.2) is 12.2 Å². The van der Waals surface area contributed by atoms with Gasteiger partial charge in [-0.05, 0) is 18.9 Å². The van der Waals surface area contributed by atoms with Gasteiger partial charge >= 0.3 is 0 Å². The summed E-state index contributed by atoms with van der Waals surface area (Å²) in [5.74, 6) is 0. The first kappa shape index (κ1) is 13.6. The molecular weight excluding hydrogens is 176 g/mol. The first-order valence-corrected chi connectivity index (χ1v) is 5.25. The largest absolute Gasteiger partial charge is 0.383 e. The molecule has 1 unspecified atom stereocenters. The number of rotatable bonds is 8. The lowest BCUT2D eigenvalue weighted by Gasteiger charge is -2.28. The molecule has 0 bridgehead atoms. The van der Waals surface area contributed by atoms with Gasteiger partial charge in [-0.2, -0.15) is 0 Å². The SMILES string of the molecule is C=C(CN)CN(CCOC)C(C)CC. The van der Waals surface area contributed by atoms with Crippen LogP contribution in [-0.4, -0.2) is 44.3 Å². The molecule has 0 amide bonds. The summed E-state index contributed by atoms with van der Waals surface area (Å²) >= 11 is 0. The molecule has 84 valence electrons. The summed E-state index contributed by atoms with van der Waals surface area (Å²) in [6.45, 7) is 11.5. The number of methoxy groups -OCH3 is 1. The average molecular weight is 200 g/mol. The normalized spacial score (nSPS) is 13.2. The van der Waals surface area contributed by atoms with E-state index >= 15 is 0 Å². The van der Waals surface area contributed by atoms with Crippen LogP contribution in [0.2, 0.25) is 0 Å². The molecule has 0 aromatic rings. The van der Waals surface area contributed by atoms with Crippen LogP contribution >= 0.6 is 0 Å². The third-order valence-electron chi connectivity index (χ3n) is 2.51. The molecule has 0 heterocycles. The molecule has 0 aliphatic heterocycles. The van der Waals surface area contributed by atoms with Gasteiger partial charge in [0.15, 0.2) is 0 Å². The average Bonchev–Trinajstić information content (AvgIpc) is 2.22. The lowest BCUT2D eigenvalue weighted by Crippen LogP contribution is -2.37. The van der Waals surface area contributed by atoms with E-state index < -0.39 is 0 Å². The lowest BCUT2D eigenvalue weighted by atomic mass is 10.2. The Hall–Kier alpha value is -0.380. The lowest BCUT2D eigenvalue weighted by molar-refractivity contribution is 0.130. The van der Waals surface area contributed by atoms with Crippen molar-refractivity contribution in [2.75, 3.05) is 33.4 Å². The molecule has 0 aromatic heterocycles. The highest BCUT2D eigenvalue weighted by molar-refractivity contribution is 4.99. The fourth-order valence-electron chi connectivity index (χ4n) is 1.27. The highest BCUT2D eigenvalue weighted by atomic mass is 16.5. The zero-order valence-electron chi connectivity index (χ0n) is 9.75. The zero-order chi connectivity index (χ0) is 11.0. The molecule has 0 aliphatic carbocycles. The summed E-state index contributed by atoms with van der Waals surface area (Å²) in [5, 5.41) is 0. The van der Waals surface area contributed by atoms with Crippen LogP contribution in [0, 0.1) is 0 Å². The highest BCUT2D eigenvalue weighted by Gasteiger charge is 2.11. The van der Waals surface area contributed by atoms with E-state index in [0.717, 1.165) is 31.7 Å². The molecular formula is C11H24N2O. The Morgan fingerprint density at radius 1 is 1.57 bits per heavy atom. The van der Waals surface area contributed by atoms with E-state index in [4.69, 9.17) is 10.5 Å². The Labute approximate surface area is 87.9 Å². The Morgan fingerprint density at radius 2 is 2.21 bits per heavy atom. The van der Waals surface area contributed by atoms with Crippen molar-refractivity contribution in [1.29, 1.82) is 0 Å². The van der Waals surface area contributed by atoms with E-state index in [9.17, 15) is 0 Å². The second-order valence-corrected chi connectivity index (χ2v) is 3.67. The molecule has 14 heavy (non-hydrogen) atoms. The van der Waals surface area contributed by atoms with Crippen LogP contribution in [0.4, 0.5) is 0 Å². The van der Waals surface area contributed by atoms with Crippen molar-refractivity contribution < 1.29 is 4.74 Å². The summed E-state index contributed by atoms with van der Waals surface area (Å²) in [7, 11) is 1.73. The van der Waals surface area contributed by atoms with Gasteiger partial charge in [-0.25, -0.2) is 0 Å². The highest BCUT2D eigenvalue weighted by Crippen LogP contribution is 2.05. The zero-order valence-corrected chi connectivity index (χ0v) is 9.75. The number of hydrogen-bond donors (Lipinski definition) is 1. The molecule has 0 aromatic carbocycles. The topological polar surface area (TPSA) is 38.5 Å². The van der Waals surface area contributed by atoms with Gasteiger partial charge in [0.25, 0.3) is 0 Å². The summed E-state index contributed by atoms with van der Waals surface area (Å²) in [4.78, 5) is 2.36. The maximum atomic E-state index is 5.53. The van der Waals surface area contributed by atoms with Crippen LogP contribution in [0.25, 0.3) is 0 Å². The number of hydrogen-bond acceptors (Lipinski definition) is 3. The van der Waals surface area contributed by atoms with Gasteiger partial charge in [0.1, 0.15) is 0 Å². The maximum Gasteiger partial charge on any atom is 0.0589 e. The Bertz CT molecular complexity index is 159. The second kappa shape index (κ2) is 7.97. The standard InChI is InChI=1S/C11H24N2O/c1-5-11(3)13(6-7-14-4)9-10(2)8-12/h11H,2,5-9,12H2,1,3-4H3. The fraction of sp³-hybridized carbons (Fsp3) is 0.818. The van der Waals surface area contributed by atoms with Crippen molar-refractivity contribution in [3.8, 4) is 0 Å². The molecule has 0 radical (unpaired) electrons. The van der Waals surface area contributed by atoms with Crippen molar-refractivity contribution in [3.63, 3.8) is 0 Å². The van der Waals surface area contributed by atoms with E-state index in [0.29, 0.717) is 12.6 Å². The fourth-order valence-corrected chi connectivity index (χ4v) is 1.27. The van der Waals surface area contributed by atoms with E-state index in [-0.39, 0.29) is 0 Å². The predicted octanol–water partition coefficient (Wildman–Crippen LogP) is 1.25. The van der Waals surface area contributed by atoms with Crippen LogP contribution in [0.3, 0.4) is 0 Å². The number of ether oxygens (including phenoxy) is 1. The molecule has 3 heteroatoms. The van der Waals surface area contributed by atoms with Crippen molar-refractivity contribution in [3.05, 3.63) is 12.2 Å². The first-order valence-electron chi connectivity index (χ1n) is 5.25. The van der Waals surface area contributed by atoms with E-state index in [2.05, 4.69) is 25.3 Å². The van der Waals surface area contributed by atoms with Gasteiger partial charge in [-0.3, -0.25) is 4.90 Å². The second-order valence-electron chi connectivity index (χ2n) is 3.67. The predicted molar refractivity (Wildman–Crippen MR) is 61.4 cm³/mol. The van der Waals surface area contributed by atoms with E-state index in [1.165, 1.54) is 0 Å². The van der Waals surface area contributed by atoms with Crippen molar-refractivity contribution >= 4 is 0 Å². The molecule has 1 atom stereocenters. The van der Waals surface area contributed by atoms with Crippen LogP contribution in [0.1, 0.15) is 20.3 Å². The Kier molecular flexibility index (Phi) is 7.76. The van der Waals surface area contributed by atoms with E-state index in [1.54, 1.807) is 7.11 Å². The molecule has 3 nitrogen and oxygen atoms in total. The summed E-state index contributed by atoms with van der Waals surface area (Å²) in [5.41, 5.74) is 6.62. The van der Waals surface area contributed by atoms with Gasteiger partial charge in [-0.15, -0.1) is 0 Å². The van der Waals surface area contributed by atoms with Gasteiger partial charge in [-0.1, -0.05) is 13.5 Å². The molecule has 0 fully saturated rings. The van der Waals surface area contributed by atoms with Gasteiger partial charge in [0.2, 0.25) is 0 Å². The van der Waals surface area contributed by atoms with E-state index in [1.807, 2.05) is 0 Å². The minimum atomic E-state index is 0.563. The van der Waals surface area contributed by atoms with Crippen LogP contribution in [0.5, 0.6) is 0 Å². The molecule has 0 rings (SSSR count). The monoisotopic (exact) mass is 200 g/mol. The minimum Gasteiger partial charge on any atom is -0.383 e. The number of nitrogens with two attached hydrogens (primary N) is 1. The van der Waals surface area contributed by atoms with Crippen LogP contribution in [-0.2, 0) is 4.74 Å². The van der Waals surface area contributed by atoms with Crippen molar-refractivity contribution in [2.24, 2.45) is 5.73 Å². The molecule has 0 spiro atoms. The summed E-state index contributed by atoms with van der Waals surface area (Å²) in [6, 6.07) is 0.563. The molecule has 2 N–H and O–H groups in total. The Morgan fingerprint density at radius 3 is 2.64 bits per heavy atom. The third-order valence-corrected chi connectivity index (χ3v) is 2.51. The molecule has 0 saturated heterocycles. The van der Waals surface area contributed by atoms with Crippen molar-refractivity contribution in [2.45, 2.75) is 26.3 Å². The molecule has 0 aliphatic rings. The van der Waals surface area contributed by atoms with Gasteiger partial charge in [0.05, 0.1) is 6.61 Å². The minimum absolute atomic E-state index is 0.563. The summed E-state index contributed by atoms with van der Waals surface area (Å²) < 4.78 is 5.08. The molecule has 0 saturated carbocycles. The number of nitrogens with zero attached hydrogens (tertiary/aromatic N) is 1.